The smallest absolute Gasteiger partial charge is 0.306 e. The van der Waals surface area contributed by atoms with Crippen LogP contribution in [0.5, 0.6) is 0 Å². The van der Waals surface area contributed by atoms with Crippen molar-refractivity contribution >= 4 is 17.9 Å². The van der Waals surface area contributed by atoms with E-state index in [1.165, 1.54) is 244 Å². The lowest BCUT2D eigenvalue weighted by atomic mass is 10.0. The van der Waals surface area contributed by atoms with Crippen LogP contribution >= 0.6 is 0 Å². The van der Waals surface area contributed by atoms with Crippen molar-refractivity contribution in [1.82, 2.24) is 0 Å². The molecular formula is C75H136O6. The number of carbonyl (C=O) groups is 3. The summed E-state index contributed by atoms with van der Waals surface area (Å²) in [5.41, 5.74) is 0. The van der Waals surface area contributed by atoms with E-state index in [0.717, 1.165) is 96.3 Å². The molecule has 1 unspecified atom stereocenters. The van der Waals surface area contributed by atoms with Gasteiger partial charge in [-0.15, -0.1) is 0 Å². The standard InChI is InChI=1S/C75H136O6/c1-4-7-10-13-16-19-22-25-28-30-32-33-34-35-36-37-38-39-40-41-43-44-47-50-53-56-59-62-65-68-74(77)80-71-72(70-79-73(76)67-64-61-58-55-52-49-46-27-24-21-18-15-12-9-6-3)81-75(78)69-66-63-60-57-54-51-48-45-42-31-29-26-23-20-17-14-11-8-5-2/h8,11,17,20,26,29-30,32,42,45,72H,4-7,9-10,12-16,18-19,21-25,27-28,31,33-41,43-44,46-71H2,1-3H3/b11-8-,20-17-,29-26-,32-30-,45-42-. The SMILES string of the molecule is CC/C=C\C/C=C\C/C=C\C/C=C\CCCCCCCCC(=O)OC(COC(=O)CCCCCCCCCCCCCCCCC)COC(=O)CCCCCCCCCCCCCCCCCCC/C=C\CCCCCCCCCC. The first-order valence-electron chi connectivity index (χ1n) is 35.8. The highest BCUT2D eigenvalue weighted by Gasteiger charge is 2.19. The Morgan fingerprint density at radius 3 is 0.765 bits per heavy atom. The van der Waals surface area contributed by atoms with Gasteiger partial charge in [0.15, 0.2) is 6.10 Å². The van der Waals surface area contributed by atoms with E-state index in [-0.39, 0.29) is 31.1 Å². The van der Waals surface area contributed by atoms with E-state index in [1.54, 1.807) is 0 Å². The van der Waals surface area contributed by atoms with Crippen molar-refractivity contribution in [3.05, 3.63) is 60.8 Å². The quantitative estimate of drug-likeness (QED) is 0.0261. The molecule has 0 saturated heterocycles. The second kappa shape index (κ2) is 69.6. The van der Waals surface area contributed by atoms with Crippen LogP contribution in [0.1, 0.15) is 380 Å². The first kappa shape index (κ1) is 78.1. The number of ether oxygens (including phenoxy) is 3. The van der Waals surface area contributed by atoms with Crippen LogP contribution in [0, 0.1) is 0 Å². The van der Waals surface area contributed by atoms with E-state index in [4.69, 9.17) is 14.2 Å². The van der Waals surface area contributed by atoms with Gasteiger partial charge < -0.3 is 14.2 Å². The van der Waals surface area contributed by atoms with Gasteiger partial charge in [-0.25, -0.2) is 0 Å². The molecule has 0 aromatic heterocycles. The molecule has 0 fully saturated rings. The lowest BCUT2D eigenvalue weighted by Gasteiger charge is -2.18. The molecule has 0 bridgehead atoms. The van der Waals surface area contributed by atoms with Gasteiger partial charge in [0.1, 0.15) is 13.2 Å². The maximum Gasteiger partial charge on any atom is 0.306 e. The van der Waals surface area contributed by atoms with E-state index >= 15 is 0 Å². The van der Waals surface area contributed by atoms with Crippen LogP contribution in [0.15, 0.2) is 60.8 Å². The van der Waals surface area contributed by atoms with Gasteiger partial charge in [-0.2, -0.15) is 0 Å². The zero-order valence-electron chi connectivity index (χ0n) is 54.3. The molecule has 0 aromatic carbocycles. The number of rotatable bonds is 66. The fourth-order valence-electron chi connectivity index (χ4n) is 10.7. The van der Waals surface area contributed by atoms with E-state index in [0.29, 0.717) is 19.3 Å². The molecule has 1 atom stereocenters. The molecule has 0 aromatic rings. The van der Waals surface area contributed by atoms with Crippen molar-refractivity contribution in [2.24, 2.45) is 0 Å². The van der Waals surface area contributed by atoms with Crippen molar-refractivity contribution < 1.29 is 28.6 Å². The molecule has 81 heavy (non-hydrogen) atoms. The summed E-state index contributed by atoms with van der Waals surface area (Å²) in [5, 5.41) is 0. The third-order valence-electron chi connectivity index (χ3n) is 16.0. The highest BCUT2D eigenvalue weighted by Crippen LogP contribution is 2.18. The average Bonchev–Trinajstić information content (AvgIpc) is 3.47. The van der Waals surface area contributed by atoms with Crippen molar-refractivity contribution in [1.29, 1.82) is 0 Å². The normalized spacial score (nSPS) is 12.4. The molecule has 0 aliphatic rings. The van der Waals surface area contributed by atoms with Crippen molar-refractivity contribution in [3.63, 3.8) is 0 Å². The highest BCUT2D eigenvalue weighted by molar-refractivity contribution is 5.71. The molecule has 0 amide bonds. The number of esters is 3. The van der Waals surface area contributed by atoms with Crippen molar-refractivity contribution in [3.8, 4) is 0 Å². The minimum absolute atomic E-state index is 0.0755. The summed E-state index contributed by atoms with van der Waals surface area (Å²) >= 11 is 0. The molecule has 0 saturated carbocycles. The lowest BCUT2D eigenvalue weighted by molar-refractivity contribution is -0.167. The maximum atomic E-state index is 12.9. The van der Waals surface area contributed by atoms with Crippen LogP contribution in [0.25, 0.3) is 0 Å². The van der Waals surface area contributed by atoms with Gasteiger partial charge in [-0.05, 0) is 83.5 Å². The summed E-state index contributed by atoms with van der Waals surface area (Å²) in [5.74, 6) is -0.864. The number of allylic oxidation sites excluding steroid dienone is 10. The maximum absolute atomic E-state index is 12.9. The zero-order valence-corrected chi connectivity index (χ0v) is 54.3. The largest absolute Gasteiger partial charge is 0.462 e. The molecule has 0 aliphatic carbocycles. The van der Waals surface area contributed by atoms with Gasteiger partial charge >= 0.3 is 17.9 Å². The van der Waals surface area contributed by atoms with E-state index in [1.807, 2.05) is 0 Å². The Bertz CT molecular complexity index is 1440. The first-order chi connectivity index (χ1) is 40.0. The predicted molar refractivity (Wildman–Crippen MR) is 353 cm³/mol. The number of hydrogen-bond acceptors (Lipinski definition) is 6. The van der Waals surface area contributed by atoms with Gasteiger partial charge in [-0.3, -0.25) is 14.4 Å². The third-order valence-corrected chi connectivity index (χ3v) is 16.0. The molecule has 0 aliphatic heterocycles. The number of unbranched alkanes of at least 4 members (excludes halogenated alkanes) is 45. The fourth-order valence-corrected chi connectivity index (χ4v) is 10.7. The summed E-state index contributed by atoms with van der Waals surface area (Å²) in [6, 6.07) is 0. The van der Waals surface area contributed by atoms with Gasteiger partial charge in [0, 0.05) is 19.3 Å². The molecule has 0 spiro atoms. The lowest BCUT2D eigenvalue weighted by Crippen LogP contribution is -2.30. The Balaban J connectivity index is 4.24. The van der Waals surface area contributed by atoms with Crippen LogP contribution in [0.4, 0.5) is 0 Å². The Kier molecular flexibility index (Phi) is 67.1. The predicted octanol–water partition coefficient (Wildman–Crippen LogP) is 24.7. The van der Waals surface area contributed by atoms with E-state index in [9.17, 15) is 14.4 Å². The second-order valence-electron chi connectivity index (χ2n) is 24.1. The molecule has 472 valence electrons. The van der Waals surface area contributed by atoms with Gasteiger partial charge in [0.05, 0.1) is 0 Å². The minimum Gasteiger partial charge on any atom is -0.462 e. The van der Waals surface area contributed by atoms with Crippen LogP contribution in [0.3, 0.4) is 0 Å². The van der Waals surface area contributed by atoms with Gasteiger partial charge in [0.25, 0.3) is 0 Å². The zero-order chi connectivity index (χ0) is 58.5. The summed E-state index contributed by atoms with van der Waals surface area (Å²) in [7, 11) is 0. The third kappa shape index (κ3) is 67.8. The Labute approximate surface area is 504 Å². The van der Waals surface area contributed by atoms with Crippen LogP contribution in [-0.4, -0.2) is 37.2 Å². The van der Waals surface area contributed by atoms with Crippen molar-refractivity contribution in [2.45, 2.75) is 386 Å². The molecule has 0 heterocycles. The summed E-state index contributed by atoms with van der Waals surface area (Å²) in [6.07, 6.45) is 89.7. The van der Waals surface area contributed by atoms with E-state index < -0.39 is 6.10 Å². The van der Waals surface area contributed by atoms with Crippen LogP contribution in [-0.2, 0) is 28.6 Å². The second-order valence-corrected chi connectivity index (χ2v) is 24.1. The average molecular weight is 1130 g/mol. The fraction of sp³-hybridized carbons (Fsp3) is 0.827. The van der Waals surface area contributed by atoms with Crippen LogP contribution < -0.4 is 0 Å². The summed E-state index contributed by atoms with van der Waals surface area (Å²) < 4.78 is 17.0. The van der Waals surface area contributed by atoms with Gasteiger partial charge in [0.2, 0.25) is 0 Å². The molecule has 0 radical (unpaired) electrons. The number of hydrogen-bond donors (Lipinski definition) is 0. The van der Waals surface area contributed by atoms with Crippen molar-refractivity contribution in [2.75, 3.05) is 13.2 Å². The highest BCUT2D eigenvalue weighted by atomic mass is 16.6. The number of carbonyl (C=O) groups excluding carboxylic acids is 3. The minimum atomic E-state index is -0.781. The van der Waals surface area contributed by atoms with Gasteiger partial charge in [-0.1, -0.05) is 338 Å². The Morgan fingerprint density at radius 2 is 0.481 bits per heavy atom. The van der Waals surface area contributed by atoms with E-state index in [2.05, 4.69) is 81.5 Å². The molecule has 0 N–H and O–H groups in total. The Morgan fingerprint density at radius 1 is 0.259 bits per heavy atom. The molecular weight excluding hydrogens is 997 g/mol. The summed E-state index contributed by atoms with van der Waals surface area (Å²) in [4.78, 5) is 38.4. The summed E-state index contributed by atoms with van der Waals surface area (Å²) in [6.45, 7) is 6.58. The topological polar surface area (TPSA) is 78.9 Å². The Hall–Kier alpha value is -2.89. The molecule has 0 rings (SSSR count). The van der Waals surface area contributed by atoms with Crippen LogP contribution in [0.2, 0.25) is 0 Å². The monoisotopic (exact) mass is 1130 g/mol. The first-order valence-corrected chi connectivity index (χ1v) is 35.8. The molecule has 6 heteroatoms. The molecule has 6 nitrogen and oxygen atoms in total.